The summed E-state index contributed by atoms with van der Waals surface area (Å²) in [7, 11) is 1.61. The van der Waals surface area contributed by atoms with Crippen LogP contribution >= 0.6 is 11.3 Å². The van der Waals surface area contributed by atoms with Gasteiger partial charge in [0.2, 0.25) is 0 Å². The molecule has 0 radical (unpaired) electrons. The monoisotopic (exact) mass is 367 g/mol. The predicted molar refractivity (Wildman–Crippen MR) is 106 cm³/mol. The fourth-order valence-electron chi connectivity index (χ4n) is 2.48. The van der Waals surface area contributed by atoms with E-state index in [2.05, 4.69) is 18.3 Å². The number of ether oxygens (including phenoxy) is 2. The van der Waals surface area contributed by atoms with Gasteiger partial charge in [-0.1, -0.05) is 12.1 Å². The Kier molecular flexibility index (Phi) is 5.58. The molecular formula is C21H21NO3S. The van der Waals surface area contributed by atoms with Gasteiger partial charge in [-0.3, -0.25) is 4.79 Å². The Morgan fingerprint density at radius 1 is 1.12 bits per heavy atom. The topological polar surface area (TPSA) is 47.6 Å². The van der Waals surface area contributed by atoms with Crippen LogP contribution in [0.15, 0.2) is 53.9 Å². The van der Waals surface area contributed by atoms with Crippen molar-refractivity contribution in [2.45, 2.75) is 20.5 Å². The highest BCUT2D eigenvalue weighted by Gasteiger charge is 2.11. The molecule has 4 nitrogen and oxygen atoms in total. The van der Waals surface area contributed by atoms with Gasteiger partial charge in [0.05, 0.1) is 12.0 Å². The maximum absolute atomic E-state index is 12.4. The van der Waals surface area contributed by atoms with Gasteiger partial charge in [-0.05, 0) is 66.8 Å². The Labute approximate surface area is 157 Å². The van der Waals surface area contributed by atoms with Crippen molar-refractivity contribution in [3.63, 3.8) is 0 Å². The van der Waals surface area contributed by atoms with Crippen LogP contribution in [0.25, 0.3) is 0 Å². The molecule has 0 atom stereocenters. The molecule has 0 bridgehead atoms. The fourth-order valence-corrected chi connectivity index (χ4v) is 3.27. The number of carbonyl (C=O) groups is 1. The number of hydrogen-bond donors (Lipinski definition) is 1. The summed E-state index contributed by atoms with van der Waals surface area (Å²) in [6.07, 6.45) is 0. The summed E-state index contributed by atoms with van der Waals surface area (Å²) in [5.74, 6) is 1.50. The Balaban J connectivity index is 1.61. The normalized spacial score (nSPS) is 10.4. The maximum Gasteiger partial charge on any atom is 0.265 e. The molecule has 0 unspecified atom stereocenters. The van der Waals surface area contributed by atoms with E-state index in [1.165, 1.54) is 16.9 Å². The van der Waals surface area contributed by atoms with Crippen LogP contribution in [0, 0.1) is 13.8 Å². The molecule has 1 aromatic heterocycles. The lowest BCUT2D eigenvalue weighted by molar-refractivity contribution is 0.103. The van der Waals surface area contributed by atoms with E-state index < -0.39 is 0 Å². The van der Waals surface area contributed by atoms with Gasteiger partial charge in [-0.15, -0.1) is 11.3 Å². The number of carbonyl (C=O) groups excluding carboxylic acids is 1. The highest BCUT2D eigenvalue weighted by molar-refractivity contribution is 7.12. The van der Waals surface area contributed by atoms with Crippen LogP contribution in [0.2, 0.25) is 0 Å². The first-order valence-electron chi connectivity index (χ1n) is 8.28. The minimum atomic E-state index is -0.127. The second kappa shape index (κ2) is 8.06. The zero-order chi connectivity index (χ0) is 18.5. The second-order valence-electron chi connectivity index (χ2n) is 5.99. The second-order valence-corrected chi connectivity index (χ2v) is 6.90. The zero-order valence-corrected chi connectivity index (χ0v) is 15.9. The predicted octanol–water partition coefficient (Wildman–Crippen LogP) is 5.20. The van der Waals surface area contributed by atoms with E-state index in [1.54, 1.807) is 7.11 Å². The fraction of sp³-hybridized carbons (Fsp3) is 0.190. The number of hydrogen-bond acceptors (Lipinski definition) is 4. The van der Waals surface area contributed by atoms with Crippen molar-refractivity contribution in [2.24, 2.45) is 0 Å². The van der Waals surface area contributed by atoms with E-state index >= 15 is 0 Å². The van der Waals surface area contributed by atoms with E-state index in [1.807, 2.05) is 54.8 Å². The van der Waals surface area contributed by atoms with E-state index in [9.17, 15) is 4.79 Å². The molecule has 1 heterocycles. The van der Waals surface area contributed by atoms with Crippen LogP contribution in [0.4, 0.5) is 5.69 Å². The van der Waals surface area contributed by atoms with Gasteiger partial charge < -0.3 is 14.8 Å². The van der Waals surface area contributed by atoms with Crippen molar-refractivity contribution in [2.75, 3.05) is 12.4 Å². The number of amides is 1. The smallest absolute Gasteiger partial charge is 0.265 e. The number of methoxy groups -OCH3 is 1. The van der Waals surface area contributed by atoms with Crippen molar-refractivity contribution in [1.82, 2.24) is 0 Å². The molecule has 1 N–H and O–H groups in total. The van der Waals surface area contributed by atoms with Crippen LogP contribution < -0.4 is 14.8 Å². The van der Waals surface area contributed by atoms with Gasteiger partial charge in [0.25, 0.3) is 5.91 Å². The number of benzene rings is 2. The number of thiophene rings is 1. The van der Waals surface area contributed by atoms with Crippen LogP contribution in [0.1, 0.15) is 26.4 Å². The molecule has 3 rings (SSSR count). The summed E-state index contributed by atoms with van der Waals surface area (Å²) < 4.78 is 11.0. The number of nitrogens with one attached hydrogen (secondary N) is 1. The van der Waals surface area contributed by atoms with Gasteiger partial charge >= 0.3 is 0 Å². The Morgan fingerprint density at radius 2 is 1.88 bits per heavy atom. The van der Waals surface area contributed by atoms with Crippen molar-refractivity contribution in [1.29, 1.82) is 0 Å². The quantitative estimate of drug-likeness (QED) is 0.651. The number of anilines is 1. The molecule has 134 valence electrons. The van der Waals surface area contributed by atoms with Gasteiger partial charge in [0.15, 0.2) is 0 Å². The largest absolute Gasteiger partial charge is 0.497 e. The molecule has 2 aromatic carbocycles. The lowest BCUT2D eigenvalue weighted by atomic mass is 10.1. The standard InChI is InChI=1S/C21H21NO3S/c1-14-5-4-6-19(15(14)2)25-12-16-11-20(26-13-16)21(23)22-17-7-9-18(24-3)10-8-17/h4-11,13H,12H2,1-3H3,(H,22,23). The molecule has 0 aliphatic rings. The molecule has 0 saturated carbocycles. The molecule has 0 fully saturated rings. The molecule has 26 heavy (non-hydrogen) atoms. The molecule has 0 aliphatic heterocycles. The summed E-state index contributed by atoms with van der Waals surface area (Å²) in [6.45, 7) is 4.55. The third-order valence-corrected chi connectivity index (χ3v) is 5.15. The average molecular weight is 367 g/mol. The molecule has 1 amide bonds. The molecule has 5 heteroatoms. The molecule has 0 spiro atoms. The third-order valence-electron chi connectivity index (χ3n) is 4.17. The summed E-state index contributed by atoms with van der Waals surface area (Å²) in [5.41, 5.74) is 4.06. The van der Waals surface area contributed by atoms with E-state index in [4.69, 9.17) is 9.47 Å². The zero-order valence-electron chi connectivity index (χ0n) is 15.0. The molecular weight excluding hydrogens is 346 g/mol. The van der Waals surface area contributed by atoms with Gasteiger partial charge in [-0.2, -0.15) is 0 Å². The first-order valence-corrected chi connectivity index (χ1v) is 9.16. The SMILES string of the molecule is COc1ccc(NC(=O)c2cc(COc3cccc(C)c3C)cs2)cc1. The summed E-state index contributed by atoms with van der Waals surface area (Å²) in [4.78, 5) is 13.0. The first-order chi connectivity index (χ1) is 12.6. The average Bonchev–Trinajstić information content (AvgIpc) is 3.13. The Hall–Kier alpha value is -2.79. The Morgan fingerprint density at radius 3 is 2.62 bits per heavy atom. The number of aryl methyl sites for hydroxylation is 1. The van der Waals surface area contributed by atoms with E-state index in [0.29, 0.717) is 11.5 Å². The van der Waals surface area contributed by atoms with Crippen molar-refractivity contribution < 1.29 is 14.3 Å². The number of rotatable bonds is 6. The van der Waals surface area contributed by atoms with Crippen LogP contribution in [-0.2, 0) is 6.61 Å². The molecule has 3 aromatic rings. The molecule has 0 saturated heterocycles. The highest BCUT2D eigenvalue weighted by Crippen LogP contribution is 2.24. The minimum Gasteiger partial charge on any atom is -0.497 e. The third kappa shape index (κ3) is 4.24. The van der Waals surface area contributed by atoms with E-state index in [-0.39, 0.29) is 5.91 Å². The lowest BCUT2D eigenvalue weighted by Crippen LogP contribution is -2.10. The van der Waals surface area contributed by atoms with E-state index in [0.717, 1.165) is 28.3 Å². The van der Waals surface area contributed by atoms with Crippen molar-refractivity contribution >= 4 is 22.9 Å². The van der Waals surface area contributed by atoms with Crippen molar-refractivity contribution in [3.8, 4) is 11.5 Å². The summed E-state index contributed by atoms with van der Waals surface area (Å²) in [5, 5.41) is 4.84. The summed E-state index contributed by atoms with van der Waals surface area (Å²) >= 11 is 1.41. The first kappa shape index (κ1) is 18.0. The van der Waals surface area contributed by atoms with Crippen molar-refractivity contribution in [3.05, 3.63) is 75.5 Å². The molecule has 0 aliphatic carbocycles. The highest BCUT2D eigenvalue weighted by atomic mass is 32.1. The van der Waals surface area contributed by atoms with Gasteiger partial charge in [0, 0.05) is 11.3 Å². The van der Waals surface area contributed by atoms with Crippen LogP contribution in [0.5, 0.6) is 11.5 Å². The maximum atomic E-state index is 12.4. The van der Waals surface area contributed by atoms with Gasteiger partial charge in [-0.25, -0.2) is 0 Å². The van der Waals surface area contributed by atoms with Crippen LogP contribution in [-0.4, -0.2) is 13.0 Å². The summed E-state index contributed by atoms with van der Waals surface area (Å²) in [6, 6.07) is 15.1. The Bertz CT molecular complexity index is 900. The van der Waals surface area contributed by atoms with Crippen LogP contribution in [0.3, 0.4) is 0 Å². The van der Waals surface area contributed by atoms with Gasteiger partial charge in [0.1, 0.15) is 18.1 Å². The lowest BCUT2D eigenvalue weighted by Gasteiger charge is -2.09. The minimum absolute atomic E-state index is 0.127.